The average Bonchev–Trinajstić information content (AvgIpc) is 3.90. The summed E-state index contributed by atoms with van der Waals surface area (Å²) in [7, 11) is 1.71. The summed E-state index contributed by atoms with van der Waals surface area (Å²) < 4.78 is 20.7. The van der Waals surface area contributed by atoms with Gasteiger partial charge in [-0.2, -0.15) is 0 Å². The van der Waals surface area contributed by atoms with Crippen LogP contribution in [0.1, 0.15) is 93.4 Å². The SMILES string of the molecule is Cn1c(=O)n(C2CCC(=O)NC2=O)c2ccc(CCCOCCCOCCCNC(=O)CCCN3CCN(Cc4ccc(-c5ccc(COC6CCCC6)cc5)cc4)CC3)cc21. The molecule has 0 radical (unpaired) electrons. The molecule has 334 valence electrons. The van der Waals surface area contributed by atoms with Gasteiger partial charge in [0.2, 0.25) is 17.7 Å². The van der Waals surface area contributed by atoms with Crippen LogP contribution in [0.3, 0.4) is 0 Å². The number of aryl methyl sites for hydroxylation is 2. The molecule has 13 nitrogen and oxygen atoms in total. The van der Waals surface area contributed by atoms with Gasteiger partial charge in [0, 0.05) is 85.6 Å². The summed E-state index contributed by atoms with van der Waals surface area (Å²) in [6.07, 6.45) is 10.6. The normalized spacial score (nSPS) is 17.9. The van der Waals surface area contributed by atoms with Gasteiger partial charge < -0.3 is 24.4 Å². The zero-order valence-corrected chi connectivity index (χ0v) is 36.6. The van der Waals surface area contributed by atoms with Crippen molar-refractivity contribution in [2.24, 2.45) is 7.05 Å². The third-order valence-corrected chi connectivity index (χ3v) is 12.6. The molecule has 3 fully saturated rings. The Hall–Kier alpha value is -4.66. The molecule has 1 atom stereocenters. The molecule has 3 aromatic carbocycles. The molecule has 1 aliphatic carbocycles. The molecular formula is C49H66N6O7. The number of ether oxygens (including phenoxy) is 3. The number of piperidine rings is 1. The number of imide groups is 1. The second kappa shape index (κ2) is 23.1. The van der Waals surface area contributed by atoms with Crippen LogP contribution in [0, 0.1) is 0 Å². The number of rotatable bonds is 23. The van der Waals surface area contributed by atoms with E-state index >= 15 is 0 Å². The van der Waals surface area contributed by atoms with Gasteiger partial charge >= 0.3 is 5.69 Å². The van der Waals surface area contributed by atoms with E-state index in [2.05, 4.69) is 69.0 Å². The number of aromatic nitrogens is 2. The van der Waals surface area contributed by atoms with Gasteiger partial charge in [-0.3, -0.25) is 33.7 Å². The lowest BCUT2D eigenvalue weighted by Gasteiger charge is -2.34. The van der Waals surface area contributed by atoms with Crippen molar-refractivity contribution >= 4 is 28.8 Å². The molecule has 1 aromatic heterocycles. The van der Waals surface area contributed by atoms with E-state index in [1.165, 1.54) is 52.5 Å². The number of nitrogens with one attached hydrogen (secondary N) is 2. The van der Waals surface area contributed by atoms with E-state index in [4.69, 9.17) is 14.2 Å². The number of benzene rings is 3. The van der Waals surface area contributed by atoms with E-state index in [1.54, 1.807) is 11.6 Å². The number of fused-ring (bicyclic) bond motifs is 1. The number of carbonyl (C=O) groups is 3. The predicted molar refractivity (Wildman–Crippen MR) is 241 cm³/mol. The summed E-state index contributed by atoms with van der Waals surface area (Å²) >= 11 is 0. The van der Waals surface area contributed by atoms with Crippen molar-refractivity contribution < 1.29 is 28.6 Å². The van der Waals surface area contributed by atoms with Crippen LogP contribution in [-0.2, 0) is 55.2 Å². The standard InChI is InChI=1S/C49H66N6O7/c1-52-45-34-37(16-21-43(45)55(49(52)59)44-22-23-47(57)51-48(44)58)8-5-30-60-32-7-33-61-31-6-24-50-46(56)11-4-25-53-26-28-54(29-27-53)35-38-12-17-40(18-13-38)41-19-14-39(15-20-41)36-62-42-9-2-3-10-42/h12-21,34,42,44H,2-11,22-33,35-36H2,1H3,(H,50,56)(H,51,57,58). The van der Waals surface area contributed by atoms with Crippen molar-refractivity contribution in [2.45, 2.75) is 102 Å². The number of hydrogen-bond acceptors (Lipinski definition) is 9. The Labute approximate surface area is 366 Å². The molecule has 3 amide bonds. The van der Waals surface area contributed by atoms with E-state index in [-0.39, 0.29) is 23.9 Å². The highest BCUT2D eigenvalue weighted by Crippen LogP contribution is 2.26. The molecule has 13 heteroatoms. The molecule has 2 aliphatic heterocycles. The third kappa shape index (κ3) is 12.9. The summed E-state index contributed by atoms with van der Waals surface area (Å²) in [5.74, 6) is -0.621. The number of piperazine rings is 1. The van der Waals surface area contributed by atoms with Crippen molar-refractivity contribution in [3.63, 3.8) is 0 Å². The Bertz CT molecular complexity index is 2120. The summed E-state index contributed by atoms with van der Waals surface area (Å²) in [4.78, 5) is 54.5. The van der Waals surface area contributed by atoms with Crippen molar-refractivity contribution in [1.82, 2.24) is 29.6 Å². The van der Waals surface area contributed by atoms with Crippen LogP contribution in [0.2, 0.25) is 0 Å². The summed E-state index contributed by atoms with van der Waals surface area (Å²) in [5.41, 5.74) is 7.36. The Morgan fingerprint density at radius 1 is 0.726 bits per heavy atom. The lowest BCUT2D eigenvalue weighted by molar-refractivity contribution is -0.135. The number of imidazole rings is 1. The first-order valence-corrected chi connectivity index (χ1v) is 23.0. The van der Waals surface area contributed by atoms with Crippen LogP contribution in [0.25, 0.3) is 22.2 Å². The van der Waals surface area contributed by atoms with Crippen LogP contribution >= 0.6 is 0 Å². The highest BCUT2D eigenvalue weighted by atomic mass is 16.5. The van der Waals surface area contributed by atoms with Crippen molar-refractivity contribution in [3.05, 3.63) is 93.9 Å². The highest BCUT2D eigenvalue weighted by molar-refractivity contribution is 6.00. The van der Waals surface area contributed by atoms with Gasteiger partial charge in [0.1, 0.15) is 6.04 Å². The van der Waals surface area contributed by atoms with E-state index < -0.39 is 11.9 Å². The van der Waals surface area contributed by atoms with Crippen LogP contribution in [0.5, 0.6) is 0 Å². The van der Waals surface area contributed by atoms with Crippen LogP contribution in [-0.4, -0.2) is 108 Å². The van der Waals surface area contributed by atoms with Crippen LogP contribution in [0.4, 0.5) is 0 Å². The van der Waals surface area contributed by atoms with Gasteiger partial charge in [0.15, 0.2) is 0 Å². The van der Waals surface area contributed by atoms with Crippen LogP contribution in [0.15, 0.2) is 71.5 Å². The molecule has 2 N–H and O–H groups in total. The van der Waals surface area contributed by atoms with Gasteiger partial charge in [-0.25, -0.2) is 4.79 Å². The van der Waals surface area contributed by atoms with E-state index in [1.807, 2.05) is 18.2 Å². The summed E-state index contributed by atoms with van der Waals surface area (Å²) in [5, 5.41) is 5.39. The molecule has 3 aliphatic rings. The lowest BCUT2D eigenvalue weighted by Crippen LogP contribution is -2.46. The smallest absolute Gasteiger partial charge is 0.329 e. The molecule has 3 heterocycles. The van der Waals surface area contributed by atoms with Gasteiger partial charge in [-0.1, -0.05) is 67.4 Å². The second-order valence-corrected chi connectivity index (χ2v) is 17.2. The van der Waals surface area contributed by atoms with E-state index in [0.29, 0.717) is 64.0 Å². The molecule has 62 heavy (non-hydrogen) atoms. The molecule has 0 spiro atoms. The minimum absolute atomic E-state index is 0.111. The minimum atomic E-state index is -0.684. The van der Waals surface area contributed by atoms with E-state index in [0.717, 1.165) is 82.5 Å². The maximum absolute atomic E-state index is 13.0. The Kier molecular flexibility index (Phi) is 16.9. The average molecular weight is 851 g/mol. The first kappa shape index (κ1) is 45.4. The fourth-order valence-corrected chi connectivity index (χ4v) is 8.89. The topological polar surface area (TPSA) is 136 Å². The number of carbonyl (C=O) groups excluding carboxylic acids is 3. The number of nitrogens with zero attached hydrogens (tertiary/aromatic N) is 4. The van der Waals surface area contributed by atoms with Gasteiger partial charge in [-0.15, -0.1) is 0 Å². The van der Waals surface area contributed by atoms with Crippen LogP contribution < -0.4 is 16.3 Å². The van der Waals surface area contributed by atoms with E-state index in [9.17, 15) is 19.2 Å². The molecule has 7 rings (SSSR count). The van der Waals surface area contributed by atoms with Crippen molar-refractivity contribution in [3.8, 4) is 11.1 Å². The Morgan fingerprint density at radius 2 is 1.37 bits per heavy atom. The highest BCUT2D eigenvalue weighted by Gasteiger charge is 2.31. The van der Waals surface area contributed by atoms with Crippen molar-refractivity contribution in [2.75, 3.05) is 65.7 Å². The fraction of sp³-hybridized carbons (Fsp3) is 0.551. The molecule has 1 saturated carbocycles. The second-order valence-electron chi connectivity index (χ2n) is 17.2. The lowest BCUT2D eigenvalue weighted by atomic mass is 10.0. The molecule has 1 unspecified atom stereocenters. The number of hydrogen-bond donors (Lipinski definition) is 2. The number of amides is 3. The Balaban J connectivity index is 0.665. The first-order chi connectivity index (χ1) is 30.3. The maximum atomic E-state index is 13.0. The zero-order chi connectivity index (χ0) is 43.1. The van der Waals surface area contributed by atoms with Gasteiger partial charge in [0.25, 0.3) is 0 Å². The fourth-order valence-electron chi connectivity index (χ4n) is 8.89. The van der Waals surface area contributed by atoms with Gasteiger partial charge in [0.05, 0.1) is 23.7 Å². The predicted octanol–water partition coefficient (Wildman–Crippen LogP) is 5.90. The Morgan fingerprint density at radius 3 is 2.08 bits per heavy atom. The molecule has 4 aromatic rings. The van der Waals surface area contributed by atoms with Gasteiger partial charge in [-0.05, 0) is 97.9 Å². The molecule has 0 bridgehead atoms. The largest absolute Gasteiger partial charge is 0.381 e. The maximum Gasteiger partial charge on any atom is 0.329 e. The minimum Gasteiger partial charge on any atom is -0.381 e. The summed E-state index contributed by atoms with van der Waals surface area (Å²) in [6.45, 7) is 9.87. The monoisotopic (exact) mass is 850 g/mol. The molecular weight excluding hydrogens is 785 g/mol. The quantitative estimate of drug-likeness (QED) is 0.0691. The summed E-state index contributed by atoms with van der Waals surface area (Å²) in [6, 6.07) is 23.0. The molecule has 2 saturated heterocycles. The first-order valence-electron chi connectivity index (χ1n) is 23.0. The third-order valence-electron chi connectivity index (χ3n) is 12.6. The van der Waals surface area contributed by atoms with Crippen molar-refractivity contribution in [1.29, 1.82) is 0 Å². The zero-order valence-electron chi connectivity index (χ0n) is 36.6.